The molecule has 5 rings (SSSR count). The second kappa shape index (κ2) is 8.04. The smallest absolute Gasteiger partial charge is 0.169 e. The minimum atomic E-state index is -1.19. The number of ether oxygens (including phenoxy) is 1. The monoisotopic (exact) mass is 506 g/mol. The maximum Gasteiger partial charge on any atom is 0.169 e. The van der Waals surface area contributed by atoms with E-state index in [9.17, 15) is 15.3 Å². The lowest BCUT2D eigenvalue weighted by Gasteiger charge is -2.41. The largest absolute Gasteiger partial charge is 0.394 e. The number of aliphatic hydroxyl groups excluding tert-OH is 3. The fourth-order valence-electron chi connectivity index (χ4n) is 3.92. The number of fused-ring (bicyclic) bond motifs is 1. The molecule has 0 radical (unpaired) electrons. The number of aromatic nitrogens is 6. The molecule has 162 valence electrons. The van der Waals surface area contributed by atoms with E-state index in [1.165, 1.54) is 4.68 Å². The van der Waals surface area contributed by atoms with E-state index < -0.39 is 37.1 Å². The molecule has 1 fully saturated rings. The predicted molar refractivity (Wildman–Crippen MR) is 115 cm³/mol. The Hall–Kier alpha value is -2.22. The van der Waals surface area contributed by atoms with Gasteiger partial charge in [-0.25, -0.2) is 4.98 Å². The molecule has 3 aromatic heterocycles. The van der Waals surface area contributed by atoms with Crippen molar-refractivity contribution in [2.75, 3.05) is 6.61 Å². The van der Waals surface area contributed by atoms with E-state index >= 15 is 0 Å². The zero-order valence-electron chi connectivity index (χ0n) is 16.3. The SMILES string of the molecule is Cc1nc2ccc(-n3cnnc3[C@@H]3OC(CO)[C@H](O)[C@H](n4cc(Br)cn4)C3O)cc2s1. The number of benzene rings is 1. The van der Waals surface area contributed by atoms with Gasteiger partial charge in [0, 0.05) is 11.9 Å². The molecule has 2 unspecified atom stereocenters. The average Bonchev–Trinajstić information content (AvgIpc) is 3.47. The molecule has 31 heavy (non-hydrogen) atoms. The lowest BCUT2D eigenvalue weighted by Crippen LogP contribution is -2.53. The Morgan fingerprint density at radius 1 is 1.26 bits per heavy atom. The lowest BCUT2D eigenvalue weighted by atomic mass is 9.92. The number of halogens is 1. The van der Waals surface area contributed by atoms with E-state index in [2.05, 4.69) is 36.2 Å². The van der Waals surface area contributed by atoms with E-state index in [4.69, 9.17) is 4.74 Å². The minimum Gasteiger partial charge on any atom is -0.394 e. The summed E-state index contributed by atoms with van der Waals surface area (Å²) in [6.45, 7) is 1.53. The van der Waals surface area contributed by atoms with Gasteiger partial charge in [0.25, 0.3) is 0 Å². The standard InChI is InChI=1S/C19H19BrN6O4S/c1-9-23-12-3-2-11(4-14(12)31-9)25-8-21-24-19(25)18-17(29)15(16(28)13(7-27)30-18)26-6-10(20)5-22-26/h2-6,8,13,15-18,27-29H,7H2,1H3/t13?,15-,16-,17?,18+/m0/s1. The number of aliphatic hydroxyl groups is 3. The van der Waals surface area contributed by atoms with E-state index in [0.717, 1.165) is 20.9 Å². The molecule has 4 aromatic rings. The van der Waals surface area contributed by atoms with Crippen LogP contribution >= 0.6 is 27.3 Å². The van der Waals surface area contributed by atoms with E-state index in [0.29, 0.717) is 10.3 Å². The molecule has 0 saturated carbocycles. The highest BCUT2D eigenvalue weighted by Crippen LogP contribution is 2.38. The molecule has 0 aliphatic carbocycles. The summed E-state index contributed by atoms with van der Waals surface area (Å²) in [5, 5.41) is 45.0. The van der Waals surface area contributed by atoms with Gasteiger partial charge in [-0.2, -0.15) is 5.10 Å². The molecule has 1 saturated heterocycles. The van der Waals surface area contributed by atoms with Gasteiger partial charge in [-0.05, 0) is 41.1 Å². The first-order chi connectivity index (χ1) is 15.0. The van der Waals surface area contributed by atoms with Crippen molar-refractivity contribution in [2.24, 2.45) is 0 Å². The molecule has 1 aliphatic heterocycles. The van der Waals surface area contributed by atoms with Crippen LogP contribution in [-0.2, 0) is 4.74 Å². The van der Waals surface area contributed by atoms with Crippen molar-refractivity contribution in [2.45, 2.75) is 37.4 Å². The summed E-state index contributed by atoms with van der Waals surface area (Å²) in [6.07, 6.45) is 0.510. The van der Waals surface area contributed by atoms with Gasteiger partial charge in [0.05, 0.1) is 32.5 Å². The molecule has 4 heterocycles. The van der Waals surface area contributed by atoms with Gasteiger partial charge in [-0.3, -0.25) is 9.25 Å². The summed E-state index contributed by atoms with van der Waals surface area (Å²) in [6, 6.07) is 4.94. The van der Waals surface area contributed by atoms with Gasteiger partial charge in [-0.1, -0.05) is 0 Å². The Labute approximate surface area is 188 Å². The number of rotatable bonds is 4. The molecule has 3 N–H and O–H groups in total. The molecule has 1 aliphatic rings. The Balaban J connectivity index is 1.55. The molecule has 10 nitrogen and oxygen atoms in total. The minimum absolute atomic E-state index is 0.356. The van der Waals surface area contributed by atoms with Crippen LogP contribution in [0.15, 0.2) is 41.4 Å². The van der Waals surface area contributed by atoms with Crippen molar-refractivity contribution >= 4 is 37.5 Å². The quantitative estimate of drug-likeness (QED) is 0.379. The second-order valence-corrected chi connectivity index (χ2v) is 9.48. The van der Waals surface area contributed by atoms with Crippen molar-refractivity contribution in [3.05, 3.63) is 52.2 Å². The Bertz CT molecular complexity index is 1230. The Morgan fingerprint density at radius 2 is 2.10 bits per heavy atom. The van der Waals surface area contributed by atoms with Gasteiger partial charge >= 0.3 is 0 Å². The maximum absolute atomic E-state index is 11.2. The zero-order valence-corrected chi connectivity index (χ0v) is 18.7. The highest BCUT2D eigenvalue weighted by atomic mass is 79.9. The van der Waals surface area contributed by atoms with Crippen LogP contribution in [0, 0.1) is 6.92 Å². The van der Waals surface area contributed by atoms with Crippen molar-refractivity contribution in [1.29, 1.82) is 0 Å². The molecule has 0 bridgehead atoms. The predicted octanol–water partition coefficient (Wildman–Crippen LogP) is 1.54. The number of thiazole rings is 1. The number of hydrogen-bond donors (Lipinski definition) is 3. The molecular weight excluding hydrogens is 488 g/mol. The van der Waals surface area contributed by atoms with Crippen LogP contribution in [0.25, 0.3) is 15.9 Å². The van der Waals surface area contributed by atoms with Gasteiger partial charge in [0.15, 0.2) is 5.82 Å². The fourth-order valence-corrected chi connectivity index (χ4v) is 5.08. The van der Waals surface area contributed by atoms with Gasteiger partial charge < -0.3 is 20.1 Å². The van der Waals surface area contributed by atoms with Crippen molar-refractivity contribution in [1.82, 2.24) is 29.5 Å². The first kappa shape index (κ1) is 20.7. The van der Waals surface area contributed by atoms with Crippen LogP contribution < -0.4 is 0 Å². The summed E-state index contributed by atoms with van der Waals surface area (Å²) in [7, 11) is 0. The third kappa shape index (κ3) is 3.58. The third-order valence-electron chi connectivity index (χ3n) is 5.35. The van der Waals surface area contributed by atoms with Gasteiger partial charge in [-0.15, -0.1) is 21.5 Å². The summed E-state index contributed by atoms with van der Waals surface area (Å²) in [5.74, 6) is 0.356. The summed E-state index contributed by atoms with van der Waals surface area (Å²) < 4.78 is 10.8. The molecule has 0 spiro atoms. The molecule has 5 atom stereocenters. The first-order valence-corrected chi connectivity index (χ1v) is 11.2. The number of aryl methyl sites for hydroxylation is 1. The average molecular weight is 507 g/mol. The number of nitrogens with zero attached hydrogens (tertiary/aromatic N) is 6. The highest BCUT2D eigenvalue weighted by molar-refractivity contribution is 9.10. The summed E-state index contributed by atoms with van der Waals surface area (Å²) in [4.78, 5) is 4.48. The van der Waals surface area contributed by atoms with Crippen LogP contribution in [0.5, 0.6) is 0 Å². The topological polar surface area (TPSA) is 131 Å². The highest BCUT2D eigenvalue weighted by Gasteiger charge is 2.48. The van der Waals surface area contributed by atoms with Crippen LogP contribution in [0.1, 0.15) is 23.0 Å². The van der Waals surface area contributed by atoms with E-state index in [-0.39, 0.29) is 0 Å². The van der Waals surface area contributed by atoms with Crippen molar-refractivity contribution < 1.29 is 20.1 Å². The van der Waals surface area contributed by atoms with E-state index in [1.54, 1.807) is 34.6 Å². The van der Waals surface area contributed by atoms with Crippen LogP contribution in [0.3, 0.4) is 0 Å². The van der Waals surface area contributed by atoms with Gasteiger partial charge in [0.1, 0.15) is 36.8 Å². The van der Waals surface area contributed by atoms with Crippen LogP contribution in [-0.4, -0.2) is 69.8 Å². The van der Waals surface area contributed by atoms with Crippen LogP contribution in [0.2, 0.25) is 0 Å². The van der Waals surface area contributed by atoms with Crippen molar-refractivity contribution in [3.63, 3.8) is 0 Å². The first-order valence-electron chi connectivity index (χ1n) is 9.56. The second-order valence-electron chi connectivity index (χ2n) is 7.33. The Kier molecular flexibility index (Phi) is 5.36. The molecule has 0 amide bonds. The van der Waals surface area contributed by atoms with E-state index in [1.807, 2.05) is 25.1 Å². The number of hydrogen-bond acceptors (Lipinski definition) is 9. The summed E-state index contributed by atoms with van der Waals surface area (Å²) in [5.41, 5.74) is 1.69. The van der Waals surface area contributed by atoms with Crippen LogP contribution in [0.4, 0.5) is 0 Å². The summed E-state index contributed by atoms with van der Waals surface area (Å²) >= 11 is 4.91. The normalized spacial score (nSPS) is 26.5. The van der Waals surface area contributed by atoms with Gasteiger partial charge in [0.2, 0.25) is 0 Å². The molecular formula is C19H19BrN6O4S. The van der Waals surface area contributed by atoms with Crippen molar-refractivity contribution in [3.8, 4) is 5.69 Å². The maximum atomic E-state index is 11.2. The Morgan fingerprint density at radius 3 is 2.84 bits per heavy atom. The molecule has 1 aromatic carbocycles. The third-order valence-corrected chi connectivity index (χ3v) is 6.70. The molecule has 12 heteroatoms. The zero-order chi connectivity index (χ0) is 21.7. The lowest BCUT2D eigenvalue weighted by molar-refractivity contribution is -0.210. The fraction of sp³-hybridized carbons (Fsp3) is 0.368.